The van der Waals surface area contributed by atoms with Gasteiger partial charge in [0.2, 0.25) is 0 Å². The van der Waals surface area contributed by atoms with Crippen LogP contribution in [0.3, 0.4) is 0 Å². The summed E-state index contributed by atoms with van der Waals surface area (Å²) in [6, 6.07) is 17.7. The van der Waals surface area contributed by atoms with E-state index in [4.69, 9.17) is 0 Å². The van der Waals surface area contributed by atoms with Crippen molar-refractivity contribution in [2.24, 2.45) is 0 Å². The first-order chi connectivity index (χ1) is 12.0. The van der Waals surface area contributed by atoms with Gasteiger partial charge in [0.25, 0.3) is 0 Å². The maximum atomic E-state index is 4.66. The number of hydrogen-bond acceptors (Lipinski definition) is 2. The third kappa shape index (κ3) is 4.33. The summed E-state index contributed by atoms with van der Waals surface area (Å²) in [6.07, 6.45) is 2.80. The molecule has 2 nitrogen and oxygen atoms in total. The van der Waals surface area contributed by atoms with Crippen LogP contribution in [0.15, 0.2) is 48.5 Å². The van der Waals surface area contributed by atoms with Gasteiger partial charge in [-0.1, -0.05) is 61.0 Å². The standard InChI is InChI=1S/C23H26N2/c1-5-22-17(3)23(25-18(4)24-22)15-21-12-10-20(11-13-21)14-19-8-6-16(2)7-9-19/h6-13H,5,14-15H2,1-4H3. The Kier molecular flexibility index (Phi) is 5.28. The minimum atomic E-state index is 0.868. The number of nitrogens with zero attached hydrogens (tertiary/aromatic N) is 2. The van der Waals surface area contributed by atoms with Gasteiger partial charge in [0.1, 0.15) is 5.82 Å². The Bertz CT molecular complexity index is 847. The smallest absolute Gasteiger partial charge is 0.125 e. The first kappa shape index (κ1) is 17.3. The van der Waals surface area contributed by atoms with Crippen LogP contribution in [0.25, 0.3) is 0 Å². The van der Waals surface area contributed by atoms with Crippen molar-refractivity contribution in [1.82, 2.24) is 9.97 Å². The van der Waals surface area contributed by atoms with E-state index < -0.39 is 0 Å². The fourth-order valence-electron chi connectivity index (χ4n) is 3.18. The van der Waals surface area contributed by atoms with Crippen molar-refractivity contribution in [1.29, 1.82) is 0 Å². The topological polar surface area (TPSA) is 25.8 Å². The molecule has 128 valence electrons. The SMILES string of the molecule is CCc1nc(C)nc(Cc2ccc(Cc3ccc(C)cc3)cc2)c1C. The predicted octanol–water partition coefficient (Wildman–Crippen LogP) is 5.15. The molecule has 0 bridgehead atoms. The van der Waals surface area contributed by atoms with Gasteiger partial charge in [-0.05, 0) is 55.9 Å². The monoisotopic (exact) mass is 330 g/mol. The van der Waals surface area contributed by atoms with Gasteiger partial charge < -0.3 is 0 Å². The molecule has 1 heterocycles. The van der Waals surface area contributed by atoms with Crippen LogP contribution in [0.5, 0.6) is 0 Å². The number of rotatable bonds is 5. The Labute approximate surface area is 151 Å². The second-order valence-corrected chi connectivity index (χ2v) is 6.80. The zero-order valence-corrected chi connectivity index (χ0v) is 15.6. The zero-order chi connectivity index (χ0) is 17.8. The molecule has 2 heteroatoms. The molecule has 0 saturated heterocycles. The average molecular weight is 330 g/mol. The molecule has 3 rings (SSSR count). The molecule has 0 atom stereocenters. The van der Waals surface area contributed by atoms with E-state index in [1.54, 1.807) is 0 Å². The number of aromatic nitrogens is 2. The second kappa shape index (κ2) is 7.60. The third-order valence-electron chi connectivity index (χ3n) is 4.72. The van der Waals surface area contributed by atoms with E-state index in [0.717, 1.165) is 30.8 Å². The van der Waals surface area contributed by atoms with E-state index in [-0.39, 0.29) is 0 Å². The summed E-state index contributed by atoms with van der Waals surface area (Å²) in [7, 11) is 0. The molecule has 3 aromatic rings. The molecule has 1 aromatic heterocycles. The van der Waals surface area contributed by atoms with Gasteiger partial charge in [0.15, 0.2) is 0 Å². The lowest BCUT2D eigenvalue weighted by atomic mass is 9.99. The van der Waals surface area contributed by atoms with Crippen LogP contribution in [-0.4, -0.2) is 9.97 Å². The molecule has 0 amide bonds. The Hall–Kier alpha value is -2.48. The fourth-order valence-corrected chi connectivity index (χ4v) is 3.18. The van der Waals surface area contributed by atoms with Crippen LogP contribution >= 0.6 is 0 Å². The second-order valence-electron chi connectivity index (χ2n) is 6.80. The first-order valence-corrected chi connectivity index (χ1v) is 9.01. The molecule has 25 heavy (non-hydrogen) atoms. The van der Waals surface area contributed by atoms with E-state index in [9.17, 15) is 0 Å². The van der Waals surface area contributed by atoms with E-state index in [0.29, 0.717) is 0 Å². The summed E-state index contributed by atoms with van der Waals surface area (Å²) in [5, 5.41) is 0. The van der Waals surface area contributed by atoms with Crippen LogP contribution in [0.2, 0.25) is 0 Å². The van der Waals surface area contributed by atoms with Crippen LogP contribution in [0.1, 0.15) is 52.0 Å². The van der Waals surface area contributed by atoms with Crippen molar-refractivity contribution in [2.45, 2.75) is 47.0 Å². The molecular weight excluding hydrogens is 304 g/mol. The maximum Gasteiger partial charge on any atom is 0.125 e. The van der Waals surface area contributed by atoms with Gasteiger partial charge in [0, 0.05) is 12.1 Å². The Morgan fingerprint density at radius 1 is 0.640 bits per heavy atom. The highest BCUT2D eigenvalue weighted by Gasteiger charge is 2.09. The number of hydrogen-bond donors (Lipinski definition) is 0. The molecule has 0 unspecified atom stereocenters. The fraction of sp³-hybridized carbons (Fsp3) is 0.304. The lowest BCUT2D eigenvalue weighted by Crippen LogP contribution is -2.05. The van der Waals surface area contributed by atoms with E-state index in [1.165, 1.54) is 33.5 Å². The Morgan fingerprint density at radius 2 is 1.12 bits per heavy atom. The Balaban J connectivity index is 1.75. The summed E-state index contributed by atoms with van der Waals surface area (Å²) in [4.78, 5) is 9.21. The summed E-state index contributed by atoms with van der Waals surface area (Å²) >= 11 is 0. The van der Waals surface area contributed by atoms with Crippen LogP contribution < -0.4 is 0 Å². The van der Waals surface area contributed by atoms with Crippen molar-refractivity contribution in [3.8, 4) is 0 Å². The van der Waals surface area contributed by atoms with E-state index >= 15 is 0 Å². The average Bonchev–Trinajstić information content (AvgIpc) is 2.61. The summed E-state index contributed by atoms with van der Waals surface area (Å²) in [5.74, 6) is 0.869. The third-order valence-corrected chi connectivity index (χ3v) is 4.72. The summed E-state index contributed by atoms with van der Waals surface area (Å²) < 4.78 is 0. The molecule has 0 radical (unpaired) electrons. The van der Waals surface area contributed by atoms with Crippen LogP contribution in [0.4, 0.5) is 0 Å². The largest absolute Gasteiger partial charge is 0.238 e. The Morgan fingerprint density at radius 3 is 1.68 bits per heavy atom. The minimum Gasteiger partial charge on any atom is -0.238 e. The molecule has 0 aliphatic rings. The van der Waals surface area contributed by atoms with Gasteiger partial charge in [0.05, 0.1) is 5.69 Å². The highest BCUT2D eigenvalue weighted by molar-refractivity contribution is 5.34. The van der Waals surface area contributed by atoms with Gasteiger partial charge >= 0.3 is 0 Å². The molecule has 0 aliphatic carbocycles. The summed E-state index contributed by atoms with van der Waals surface area (Å²) in [5.41, 5.74) is 8.86. The highest BCUT2D eigenvalue weighted by Crippen LogP contribution is 2.17. The van der Waals surface area contributed by atoms with Gasteiger partial charge in [-0.3, -0.25) is 0 Å². The van der Waals surface area contributed by atoms with Gasteiger partial charge in [-0.2, -0.15) is 0 Å². The lowest BCUT2D eigenvalue weighted by Gasteiger charge is -2.11. The molecular formula is C23H26N2. The summed E-state index contributed by atoms with van der Waals surface area (Å²) in [6.45, 7) is 8.39. The molecule has 0 N–H and O–H groups in total. The van der Waals surface area contributed by atoms with Crippen LogP contribution in [-0.2, 0) is 19.3 Å². The van der Waals surface area contributed by atoms with Crippen molar-refractivity contribution < 1.29 is 0 Å². The quantitative estimate of drug-likeness (QED) is 0.647. The number of benzene rings is 2. The predicted molar refractivity (Wildman–Crippen MR) is 104 cm³/mol. The minimum absolute atomic E-state index is 0.868. The van der Waals surface area contributed by atoms with E-state index in [2.05, 4.69) is 79.3 Å². The van der Waals surface area contributed by atoms with Gasteiger partial charge in [-0.15, -0.1) is 0 Å². The molecule has 0 saturated carbocycles. The maximum absolute atomic E-state index is 4.66. The number of aryl methyl sites for hydroxylation is 3. The van der Waals surface area contributed by atoms with Crippen molar-refractivity contribution in [3.63, 3.8) is 0 Å². The zero-order valence-electron chi connectivity index (χ0n) is 15.6. The van der Waals surface area contributed by atoms with E-state index in [1.807, 2.05) is 6.92 Å². The molecule has 0 fully saturated rings. The van der Waals surface area contributed by atoms with Crippen molar-refractivity contribution in [3.05, 3.63) is 93.6 Å². The molecule has 0 spiro atoms. The molecule has 2 aromatic carbocycles. The van der Waals surface area contributed by atoms with Crippen molar-refractivity contribution in [2.75, 3.05) is 0 Å². The molecule has 0 aliphatic heterocycles. The highest BCUT2D eigenvalue weighted by atomic mass is 14.9. The lowest BCUT2D eigenvalue weighted by molar-refractivity contribution is 0.878. The van der Waals surface area contributed by atoms with Gasteiger partial charge in [-0.25, -0.2) is 9.97 Å². The normalized spacial score (nSPS) is 10.9. The van der Waals surface area contributed by atoms with Crippen LogP contribution in [0, 0.1) is 20.8 Å². The van der Waals surface area contributed by atoms with Crippen molar-refractivity contribution >= 4 is 0 Å². The first-order valence-electron chi connectivity index (χ1n) is 9.01.